The van der Waals surface area contributed by atoms with Gasteiger partial charge in [-0.3, -0.25) is 24.2 Å². The summed E-state index contributed by atoms with van der Waals surface area (Å²) in [6.07, 6.45) is 0.125. The largest absolute Gasteiger partial charge is 0.481 e. The molecule has 0 rings (SSSR count). The van der Waals surface area contributed by atoms with Crippen molar-refractivity contribution in [1.29, 1.82) is 0 Å². The molecular weight excluding hydrogens is 450 g/mol. The molecule has 14 nitrogen and oxygen atoms in total. The molecule has 11 N–H and O–H groups in total. The summed E-state index contributed by atoms with van der Waals surface area (Å²) in [6.45, 7) is 5.21. The molecule has 0 aromatic rings. The van der Waals surface area contributed by atoms with Crippen molar-refractivity contribution in [2.24, 2.45) is 28.1 Å². The van der Waals surface area contributed by atoms with Gasteiger partial charge in [0.1, 0.15) is 18.1 Å². The van der Waals surface area contributed by atoms with Gasteiger partial charge in [-0.2, -0.15) is 0 Å². The van der Waals surface area contributed by atoms with Crippen LogP contribution in [0.25, 0.3) is 0 Å². The van der Waals surface area contributed by atoms with E-state index in [0.717, 1.165) is 0 Å². The number of carboxylic acid groups (broad SMARTS) is 2. The van der Waals surface area contributed by atoms with E-state index in [2.05, 4.69) is 20.9 Å². The average molecular weight is 488 g/mol. The SMILES string of the molecule is CC(C)CC(NC(=O)C(CCC(=O)O)NC(=O)C(C)NC(=O)C(N)CCCN=C(N)N)C(=O)O. The van der Waals surface area contributed by atoms with Crippen LogP contribution in [0.4, 0.5) is 0 Å². The molecule has 0 aliphatic heterocycles. The molecule has 0 radical (unpaired) electrons. The van der Waals surface area contributed by atoms with E-state index < -0.39 is 60.2 Å². The molecule has 0 aromatic carbocycles. The third-order valence-electron chi connectivity index (χ3n) is 4.66. The molecule has 194 valence electrons. The monoisotopic (exact) mass is 487 g/mol. The van der Waals surface area contributed by atoms with Crippen LogP contribution in [0.3, 0.4) is 0 Å². The van der Waals surface area contributed by atoms with Crippen LogP contribution >= 0.6 is 0 Å². The van der Waals surface area contributed by atoms with Gasteiger partial charge in [-0.1, -0.05) is 13.8 Å². The van der Waals surface area contributed by atoms with Crippen molar-refractivity contribution in [3.63, 3.8) is 0 Å². The number of hydrogen-bond donors (Lipinski definition) is 8. The lowest BCUT2D eigenvalue weighted by atomic mass is 10.0. The second-order valence-corrected chi connectivity index (χ2v) is 8.31. The summed E-state index contributed by atoms with van der Waals surface area (Å²) < 4.78 is 0. The number of guanidine groups is 1. The molecule has 0 fully saturated rings. The van der Waals surface area contributed by atoms with E-state index in [1.54, 1.807) is 13.8 Å². The highest BCUT2D eigenvalue weighted by Gasteiger charge is 2.29. The van der Waals surface area contributed by atoms with Crippen molar-refractivity contribution in [2.45, 2.75) is 77.0 Å². The molecule has 14 heteroatoms. The van der Waals surface area contributed by atoms with E-state index in [-0.39, 0.29) is 37.7 Å². The van der Waals surface area contributed by atoms with Crippen molar-refractivity contribution >= 4 is 35.6 Å². The first-order valence-corrected chi connectivity index (χ1v) is 10.9. The zero-order valence-corrected chi connectivity index (χ0v) is 19.7. The number of carboxylic acids is 2. The summed E-state index contributed by atoms with van der Waals surface area (Å²) >= 11 is 0. The van der Waals surface area contributed by atoms with Gasteiger partial charge in [0.05, 0.1) is 6.04 Å². The highest BCUT2D eigenvalue weighted by atomic mass is 16.4. The second kappa shape index (κ2) is 15.4. The van der Waals surface area contributed by atoms with Crippen LogP contribution in [0.1, 0.15) is 52.9 Å². The molecule has 3 amide bonds. The van der Waals surface area contributed by atoms with Crippen LogP contribution in [-0.2, 0) is 24.0 Å². The van der Waals surface area contributed by atoms with E-state index >= 15 is 0 Å². The molecule has 4 unspecified atom stereocenters. The molecule has 0 saturated carbocycles. The van der Waals surface area contributed by atoms with Gasteiger partial charge in [0.15, 0.2) is 5.96 Å². The molecule has 0 heterocycles. The normalized spacial score (nSPS) is 14.3. The lowest BCUT2D eigenvalue weighted by Crippen LogP contribution is -2.56. The number of carbonyl (C=O) groups excluding carboxylic acids is 3. The predicted molar refractivity (Wildman–Crippen MR) is 123 cm³/mol. The van der Waals surface area contributed by atoms with Crippen LogP contribution in [0.15, 0.2) is 4.99 Å². The number of amides is 3. The van der Waals surface area contributed by atoms with Gasteiger partial charge >= 0.3 is 11.9 Å². The lowest BCUT2D eigenvalue weighted by Gasteiger charge is -2.24. The predicted octanol–water partition coefficient (Wildman–Crippen LogP) is -2.16. The number of nitrogens with two attached hydrogens (primary N) is 3. The topological polar surface area (TPSA) is 252 Å². The maximum absolute atomic E-state index is 12.6. The minimum Gasteiger partial charge on any atom is -0.481 e. The van der Waals surface area contributed by atoms with Crippen molar-refractivity contribution in [3.05, 3.63) is 0 Å². The molecule has 4 atom stereocenters. The van der Waals surface area contributed by atoms with E-state index in [1.165, 1.54) is 6.92 Å². The van der Waals surface area contributed by atoms with Crippen LogP contribution in [0.5, 0.6) is 0 Å². The van der Waals surface area contributed by atoms with Gasteiger partial charge in [-0.15, -0.1) is 0 Å². The third kappa shape index (κ3) is 13.2. The number of carbonyl (C=O) groups is 5. The van der Waals surface area contributed by atoms with Crippen molar-refractivity contribution < 1.29 is 34.2 Å². The maximum Gasteiger partial charge on any atom is 0.326 e. The minimum absolute atomic E-state index is 0.0348. The minimum atomic E-state index is -1.31. The van der Waals surface area contributed by atoms with E-state index in [1.807, 2.05) is 0 Å². The maximum atomic E-state index is 12.6. The summed E-state index contributed by atoms with van der Waals surface area (Å²) in [4.78, 5) is 63.5. The number of nitrogens with zero attached hydrogens (tertiary/aromatic N) is 1. The number of aliphatic imine (C=N–C) groups is 1. The number of nitrogens with one attached hydrogen (secondary N) is 3. The van der Waals surface area contributed by atoms with Crippen molar-refractivity contribution in [3.8, 4) is 0 Å². The quantitative estimate of drug-likeness (QED) is 0.0664. The zero-order valence-electron chi connectivity index (χ0n) is 19.7. The summed E-state index contributed by atoms with van der Waals surface area (Å²) in [7, 11) is 0. The smallest absolute Gasteiger partial charge is 0.326 e. The van der Waals surface area contributed by atoms with Gasteiger partial charge in [0.2, 0.25) is 17.7 Å². The number of aliphatic carboxylic acids is 2. The molecule has 0 aromatic heterocycles. The summed E-state index contributed by atoms with van der Waals surface area (Å²) in [5, 5.41) is 25.4. The Morgan fingerprint density at radius 3 is 1.94 bits per heavy atom. The van der Waals surface area contributed by atoms with Gasteiger partial charge in [0.25, 0.3) is 0 Å². The first-order chi connectivity index (χ1) is 15.7. The van der Waals surface area contributed by atoms with Gasteiger partial charge < -0.3 is 43.4 Å². The third-order valence-corrected chi connectivity index (χ3v) is 4.66. The Labute approximate surface area is 198 Å². The Hall–Kier alpha value is -3.42. The van der Waals surface area contributed by atoms with E-state index in [9.17, 15) is 29.1 Å². The molecular formula is C20H37N7O7. The summed E-state index contributed by atoms with van der Waals surface area (Å²) in [5.74, 6) is -4.77. The van der Waals surface area contributed by atoms with Crippen LogP contribution in [-0.4, -0.2) is 76.5 Å². The Morgan fingerprint density at radius 2 is 1.44 bits per heavy atom. The highest BCUT2D eigenvalue weighted by molar-refractivity contribution is 5.94. The summed E-state index contributed by atoms with van der Waals surface area (Å²) in [6, 6.07) is -4.54. The number of rotatable bonds is 16. The Balaban J connectivity index is 5.06. The van der Waals surface area contributed by atoms with Gasteiger partial charge in [-0.05, 0) is 38.5 Å². The van der Waals surface area contributed by atoms with Gasteiger partial charge in [0, 0.05) is 13.0 Å². The molecule has 0 aliphatic rings. The van der Waals surface area contributed by atoms with Gasteiger partial charge in [-0.25, -0.2) is 4.79 Å². The van der Waals surface area contributed by atoms with Crippen LogP contribution in [0.2, 0.25) is 0 Å². The Kier molecular flexibility index (Phi) is 13.9. The van der Waals surface area contributed by atoms with E-state index in [4.69, 9.17) is 22.3 Å². The second-order valence-electron chi connectivity index (χ2n) is 8.31. The van der Waals surface area contributed by atoms with E-state index in [0.29, 0.717) is 6.42 Å². The standard InChI is InChI=1S/C20H37N7O7/c1-10(2)9-14(19(33)34)27-18(32)13(6-7-15(28)29)26-16(30)11(3)25-17(31)12(21)5-4-8-24-20(22)23/h10-14H,4-9,21H2,1-3H3,(H,25,31)(H,26,30)(H,27,32)(H,28,29)(H,33,34)(H4,22,23,24). The molecule has 0 saturated heterocycles. The fourth-order valence-corrected chi connectivity index (χ4v) is 2.83. The Bertz CT molecular complexity index is 754. The molecule has 0 aliphatic carbocycles. The van der Waals surface area contributed by atoms with Crippen LogP contribution in [0, 0.1) is 5.92 Å². The molecule has 0 spiro atoms. The lowest BCUT2D eigenvalue weighted by molar-refractivity contribution is -0.143. The van der Waals surface area contributed by atoms with Crippen molar-refractivity contribution in [1.82, 2.24) is 16.0 Å². The average Bonchev–Trinajstić information content (AvgIpc) is 2.72. The molecule has 34 heavy (non-hydrogen) atoms. The molecule has 0 bridgehead atoms. The highest BCUT2D eigenvalue weighted by Crippen LogP contribution is 2.07. The summed E-state index contributed by atoms with van der Waals surface area (Å²) in [5.41, 5.74) is 16.2. The first kappa shape index (κ1) is 30.6. The Morgan fingerprint density at radius 1 is 0.853 bits per heavy atom. The fraction of sp³-hybridized carbons (Fsp3) is 0.700. The fourth-order valence-electron chi connectivity index (χ4n) is 2.83. The van der Waals surface area contributed by atoms with Crippen LogP contribution < -0.4 is 33.2 Å². The number of hydrogen-bond acceptors (Lipinski definition) is 7. The first-order valence-electron chi connectivity index (χ1n) is 10.9. The van der Waals surface area contributed by atoms with Crippen molar-refractivity contribution in [2.75, 3.05) is 6.54 Å². The zero-order chi connectivity index (χ0) is 26.4.